The first-order chi connectivity index (χ1) is 21.9. The van der Waals surface area contributed by atoms with Gasteiger partial charge in [0.1, 0.15) is 6.10 Å². The van der Waals surface area contributed by atoms with Gasteiger partial charge < -0.3 is 9.84 Å². The van der Waals surface area contributed by atoms with Gasteiger partial charge in [-0.1, -0.05) is 60.6 Å². The molecule has 5 rings (SSSR count). The molecule has 272 valence electrons. The van der Waals surface area contributed by atoms with Crippen LogP contribution in [0.3, 0.4) is 0 Å². The summed E-state index contributed by atoms with van der Waals surface area (Å²) in [7, 11) is -3.61. The number of ether oxygens (including phenoxy) is 1. The number of esters is 1. The maximum Gasteiger partial charge on any atom is 0.306 e. The first-order valence-corrected chi connectivity index (χ1v) is 20.4. The maximum atomic E-state index is 13.2. The van der Waals surface area contributed by atoms with Crippen molar-refractivity contribution in [2.24, 2.45) is 62.1 Å². The van der Waals surface area contributed by atoms with Crippen LogP contribution < -0.4 is 4.72 Å². The number of rotatable bonds is 9. The lowest BCUT2D eigenvalue weighted by atomic mass is 9.32. The fraction of sp³-hybridized carbons (Fsp3) is 0.872. The van der Waals surface area contributed by atoms with Crippen molar-refractivity contribution in [2.75, 3.05) is 6.26 Å². The second-order valence-corrected chi connectivity index (χ2v) is 21.0. The largest absolute Gasteiger partial charge is 0.481 e. The zero-order chi connectivity index (χ0) is 35.9. The number of carboxylic acid groups (broad SMARTS) is 1. The smallest absolute Gasteiger partial charge is 0.306 e. The SMILES string of the molecule is C=C(C)[C@@H]1CC[C@]2(CC(=O)NS(C)(=O)=O)CC[C@]3(C)[C@H](CC[C@@H]4[C@@]5(C)CC[C@H](OC(=O)CC(C)(C)CC(=O)O)C(C)(C)[C@@H]5CC[C@]43C)[C@@H]12. The van der Waals surface area contributed by atoms with Gasteiger partial charge in [-0.05, 0) is 128 Å². The van der Waals surface area contributed by atoms with Crippen molar-refractivity contribution in [1.82, 2.24) is 4.72 Å². The molecule has 0 radical (unpaired) electrons. The highest BCUT2D eigenvalue weighted by molar-refractivity contribution is 7.89. The summed E-state index contributed by atoms with van der Waals surface area (Å²) in [5.74, 6) is 0.473. The quantitative estimate of drug-likeness (QED) is 0.186. The van der Waals surface area contributed by atoms with Crippen molar-refractivity contribution >= 4 is 27.9 Å². The Morgan fingerprint density at radius 1 is 0.875 bits per heavy atom. The number of carbonyl (C=O) groups excluding carboxylic acids is 2. The Bertz CT molecular complexity index is 1450. The highest BCUT2D eigenvalue weighted by Gasteiger charge is 2.71. The summed E-state index contributed by atoms with van der Waals surface area (Å²) in [6.07, 6.45) is 11.4. The molecule has 0 spiro atoms. The topological polar surface area (TPSA) is 127 Å². The van der Waals surface area contributed by atoms with Gasteiger partial charge >= 0.3 is 11.9 Å². The molecular formula is C39H63NO7S. The van der Waals surface area contributed by atoms with Gasteiger partial charge in [-0.3, -0.25) is 19.1 Å². The van der Waals surface area contributed by atoms with Gasteiger partial charge in [0.25, 0.3) is 0 Å². The third-order valence-corrected chi connectivity index (χ3v) is 16.1. The average Bonchev–Trinajstić information content (AvgIpc) is 3.28. The Kier molecular flexibility index (Phi) is 9.43. The van der Waals surface area contributed by atoms with Crippen LogP contribution in [0.25, 0.3) is 0 Å². The van der Waals surface area contributed by atoms with Crippen molar-refractivity contribution in [3.8, 4) is 0 Å². The Morgan fingerprint density at radius 2 is 1.54 bits per heavy atom. The van der Waals surface area contributed by atoms with Crippen molar-refractivity contribution in [3.63, 3.8) is 0 Å². The molecule has 2 N–H and O–H groups in total. The molecule has 0 unspecified atom stereocenters. The van der Waals surface area contributed by atoms with Crippen molar-refractivity contribution in [1.29, 1.82) is 0 Å². The third kappa shape index (κ3) is 6.18. The third-order valence-electron chi connectivity index (χ3n) is 15.5. The standard InChI is InChI=1S/C39H63NO7S/c1-24(2)25-13-18-39(21-30(41)40-48(10,45)46)20-19-37(8)26(33(25)39)11-12-28-36(7)16-15-29(35(5,6)27(36)14-17-38(28,37)9)47-32(44)23-34(3,4)22-31(42)43/h25-29,33H,1,11-23H2,2-10H3,(H,40,41)(H,42,43)/t25-,26+,27-,28+,29-,33+,36-,37+,38+,39+/m0/s1. The molecule has 5 aliphatic rings. The number of aliphatic carboxylic acids is 1. The minimum atomic E-state index is -3.61. The molecule has 0 bridgehead atoms. The molecule has 0 heterocycles. The molecule has 9 heteroatoms. The van der Waals surface area contributed by atoms with Crippen LogP contribution in [0, 0.1) is 62.1 Å². The van der Waals surface area contributed by atoms with Crippen LogP contribution in [0.15, 0.2) is 12.2 Å². The van der Waals surface area contributed by atoms with Crippen molar-refractivity contribution < 1.29 is 32.6 Å². The lowest BCUT2D eigenvalue weighted by Crippen LogP contribution is -2.67. The molecule has 0 aliphatic heterocycles. The second-order valence-electron chi connectivity index (χ2n) is 19.3. The van der Waals surface area contributed by atoms with Crippen LogP contribution in [0.2, 0.25) is 0 Å². The van der Waals surface area contributed by atoms with E-state index in [-0.39, 0.29) is 64.3 Å². The number of nitrogens with one attached hydrogen (secondary N) is 1. The van der Waals surface area contributed by atoms with Gasteiger partial charge in [-0.25, -0.2) is 8.42 Å². The second kappa shape index (κ2) is 12.1. The number of carboxylic acids is 1. The fourth-order valence-corrected chi connectivity index (χ4v) is 13.9. The molecule has 8 nitrogen and oxygen atoms in total. The van der Waals surface area contributed by atoms with Crippen LogP contribution in [0.4, 0.5) is 0 Å². The molecular weight excluding hydrogens is 626 g/mol. The van der Waals surface area contributed by atoms with Gasteiger partial charge in [0.2, 0.25) is 15.9 Å². The zero-order valence-electron chi connectivity index (χ0n) is 31.2. The van der Waals surface area contributed by atoms with Crippen LogP contribution >= 0.6 is 0 Å². The lowest BCUT2D eigenvalue weighted by Gasteiger charge is -2.73. The van der Waals surface area contributed by atoms with E-state index >= 15 is 0 Å². The molecule has 48 heavy (non-hydrogen) atoms. The first kappa shape index (κ1) is 37.4. The molecule has 0 aromatic carbocycles. The molecule has 1 amide bonds. The average molecular weight is 690 g/mol. The highest BCUT2D eigenvalue weighted by atomic mass is 32.2. The number of hydrogen-bond acceptors (Lipinski definition) is 6. The summed E-state index contributed by atoms with van der Waals surface area (Å²) in [5.41, 5.74) is 0.438. The minimum absolute atomic E-state index is 0.0696. The number of carbonyl (C=O) groups is 3. The summed E-state index contributed by atoms with van der Waals surface area (Å²) in [5, 5.41) is 9.30. The maximum absolute atomic E-state index is 13.2. The van der Waals surface area contributed by atoms with E-state index in [9.17, 15) is 27.9 Å². The van der Waals surface area contributed by atoms with E-state index in [0.29, 0.717) is 29.6 Å². The van der Waals surface area contributed by atoms with Crippen LogP contribution in [-0.4, -0.2) is 43.7 Å². The van der Waals surface area contributed by atoms with E-state index in [0.717, 1.165) is 70.5 Å². The van der Waals surface area contributed by atoms with Gasteiger partial charge in [0, 0.05) is 11.8 Å². The number of amides is 1. The summed E-state index contributed by atoms with van der Waals surface area (Å²) in [6.45, 7) is 22.4. The molecule has 5 aliphatic carbocycles. The Labute approximate surface area is 290 Å². The van der Waals surface area contributed by atoms with Crippen LogP contribution in [0.5, 0.6) is 0 Å². The number of allylic oxidation sites excluding steroid dienone is 1. The van der Waals surface area contributed by atoms with E-state index in [1.807, 2.05) is 13.8 Å². The van der Waals surface area contributed by atoms with Crippen LogP contribution in [-0.2, 0) is 29.1 Å². The Morgan fingerprint density at radius 3 is 2.15 bits per heavy atom. The zero-order valence-corrected chi connectivity index (χ0v) is 32.0. The number of sulfonamides is 1. The minimum Gasteiger partial charge on any atom is -0.481 e. The predicted octanol–water partition coefficient (Wildman–Crippen LogP) is 7.91. The number of hydrogen-bond donors (Lipinski definition) is 2. The van der Waals surface area contributed by atoms with Gasteiger partial charge in [0.05, 0.1) is 19.1 Å². The number of fused-ring (bicyclic) bond motifs is 7. The predicted molar refractivity (Wildman–Crippen MR) is 187 cm³/mol. The molecule has 10 atom stereocenters. The summed E-state index contributed by atoms with van der Waals surface area (Å²) >= 11 is 0. The van der Waals surface area contributed by atoms with Crippen molar-refractivity contribution in [3.05, 3.63) is 12.2 Å². The first-order valence-electron chi connectivity index (χ1n) is 18.5. The monoisotopic (exact) mass is 689 g/mol. The molecule has 5 saturated carbocycles. The van der Waals surface area contributed by atoms with E-state index < -0.39 is 21.4 Å². The summed E-state index contributed by atoms with van der Waals surface area (Å²) < 4.78 is 32.5. The van der Waals surface area contributed by atoms with Gasteiger partial charge in [-0.2, -0.15) is 0 Å². The Hall–Kier alpha value is -1.90. The summed E-state index contributed by atoms with van der Waals surface area (Å²) in [6, 6.07) is 0. The molecule has 0 aromatic heterocycles. The van der Waals surface area contributed by atoms with E-state index in [2.05, 4.69) is 52.8 Å². The van der Waals surface area contributed by atoms with Crippen molar-refractivity contribution in [2.45, 2.75) is 145 Å². The Balaban J connectivity index is 1.40. The van der Waals surface area contributed by atoms with Gasteiger partial charge in [-0.15, -0.1) is 0 Å². The molecule has 0 saturated heterocycles. The summed E-state index contributed by atoms with van der Waals surface area (Å²) in [4.78, 5) is 37.7. The van der Waals surface area contributed by atoms with Crippen LogP contribution in [0.1, 0.15) is 139 Å². The van der Waals surface area contributed by atoms with E-state index in [1.54, 1.807) is 0 Å². The molecule has 5 fully saturated rings. The molecule has 0 aromatic rings. The van der Waals surface area contributed by atoms with E-state index in [4.69, 9.17) is 4.74 Å². The highest BCUT2D eigenvalue weighted by Crippen LogP contribution is 2.78. The lowest BCUT2D eigenvalue weighted by molar-refractivity contribution is -0.250. The van der Waals surface area contributed by atoms with E-state index in [1.165, 1.54) is 5.57 Å². The fourth-order valence-electron chi connectivity index (χ4n) is 13.4. The normalized spacial score (nSPS) is 41.9. The van der Waals surface area contributed by atoms with Gasteiger partial charge in [0.15, 0.2) is 0 Å².